The van der Waals surface area contributed by atoms with E-state index in [2.05, 4.69) is 0 Å². The van der Waals surface area contributed by atoms with Gasteiger partial charge in [-0.25, -0.2) is 8.42 Å². The molecule has 2 rings (SSSR count). The van der Waals surface area contributed by atoms with Crippen LogP contribution in [0.4, 0.5) is 0 Å². The number of sulfonamides is 1. The molecule has 0 bridgehead atoms. The van der Waals surface area contributed by atoms with Gasteiger partial charge in [-0.1, -0.05) is 30.3 Å². The molecule has 0 spiro atoms. The summed E-state index contributed by atoms with van der Waals surface area (Å²) in [7, 11) is -3.37. The zero-order valence-electron chi connectivity index (χ0n) is 13.8. The molecule has 1 aromatic carbocycles. The van der Waals surface area contributed by atoms with Crippen LogP contribution in [0.5, 0.6) is 0 Å². The van der Waals surface area contributed by atoms with Crippen LogP contribution in [-0.2, 0) is 21.2 Å². The van der Waals surface area contributed by atoms with Crippen LogP contribution < -0.4 is 0 Å². The number of likely N-dealkylation sites (tertiary alicyclic amines) is 1. The van der Waals surface area contributed by atoms with Crippen molar-refractivity contribution in [1.29, 1.82) is 0 Å². The number of piperidine rings is 1. The summed E-state index contributed by atoms with van der Waals surface area (Å²) in [5.74, 6) is -0.0742. The zero-order valence-corrected chi connectivity index (χ0v) is 14.6. The van der Waals surface area contributed by atoms with E-state index in [4.69, 9.17) is 0 Å². The van der Waals surface area contributed by atoms with Crippen molar-refractivity contribution in [2.45, 2.75) is 32.1 Å². The van der Waals surface area contributed by atoms with Crippen molar-refractivity contribution in [3.63, 3.8) is 0 Å². The Balaban J connectivity index is 1.88. The average Bonchev–Trinajstić information content (AvgIpc) is 2.54. The summed E-state index contributed by atoms with van der Waals surface area (Å²) in [6, 6.07) is 9.98. The molecular formula is C17H26N2O3S. The molecule has 1 aliphatic heterocycles. The molecule has 0 unspecified atom stereocenters. The van der Waals surface area contributed by atoms with Crippen LogP contribution in [-0.4, -0.2) is 56.0 Å². The normalized spacial score (nSPS) is 15.8. The third-order valence-electron chi connectivity index (χ3n) is 4.21. The van der Waals surface area contributed by atoms with Gasteiger partial charge in [0.2, 0.25) is 15.9 Å². The van der Waals surface area contributed by atoms with Gasteiger partial charge >= 0.3 is 0 Å². The molecule has 1 fully saturated rings. The molecule has 0 atom stereocenters. The molecule has 1 heterocycles. The van der Waals surface area contributed by atoms with Crippen LogP contribution in [0.15, 0.2) is 30.3 Å². The van der Waals surface area contributed by atoms with Gasteiger partial charge in [-0.05, 0) is 37.7 Å². The maximum atomic E-state index is 12.3. The monoisotopic (exact) mass is 338 g/mol. The van der Waals surface area contributed by atoms with Crippen molar-refractivity contribution in [3.8, 4) is 0 Å². The number of amides is 1. The third kappa shape index (κ3) is 5.95. The van der Waals surface area contributed by atoms with E-state index in [9.17, 15) is 13.2 Å². The molecular weight excluding hydrogens is 312 g/mol. The zero-order chi connectivity index (χ0) is 16.7. The average molecular weight is 338 g/mol. The highest BCUT2D eigenvalue weighted by atomic mass is 32.2. The fraction of sp³-hybridized carbons (Fsp3) is 0.588. The molecule has 1 amide bonds. The summed E-state index contributed by atoms with van der Waals surface area (Å²) in [4.78, 5) is 14.1. The van der Waals surface area contributed by atoms with Gasteiger partial charge in [-0.15, -0.1) is 0 Å². The lowest BCUT2D eigenvalue weighted by molar-refractivity contribution is -0.132. The van der Waals surface area contributed by atoms with Gasteiger partial charge in [0.05, 0.1) is 12.8 Å². The Kier molecular flexibility index (Phi) is 6.59. The van der Waals surface area contributed by atoms with Crippen molar-refractivity contribution < 1.29 is 13.2 Å². The Bertz CT molecular complexity index is 596. The van der Waals surface area contributed by atoms with E-state index in [-0.39, 0.29) is 12.5 Å². The third-order valence-corrected chi connectivity index (χ3v) is 5.45. The maximum Gasteiger partial charge on any atom is 0.237 e. The largest absolute Gasteiger partial charge is 0.342 e. The fourth-order valence-corrected chi connectivity index (χ4v) is 3.67. The highest BCUT2D eigenvalue weighted by molar-refractivity contribution is 7.88. The summed E-state index contributed by atoms with van der Waals surface area (Å²) < 4.78 is 25.2. The lowest BCUT2D eigenvalue weighted by Gasteiger charge is -2.29. The first kappa shape index (κ1) is 17.9. The minimum Gasteiger partial charge on any atom is -0.342 e. The summed E-state index contributed by atoms with van der Waals surface area (Å²) in [6.07, 6.45) is 5.88. The molecule has 0 radical (unpaired) electrons. The van der Waals surface area contributed by atoms with Crippen LogP contribution in [0.2, 0.25) is 0 Å². The van der Waals surface area contributed by atoms with Gasteiger partial charge < -0.3 is 4.90 Å². The standard InChI is InChI=1S/C17H26N2O3S/c1-23(21,22)19(14-8-11-16-9-4-2-5-10-16)15-17(20)18-12-6-3-7-13-18/h2,4-5,9-10H,3,6-8,11-15H2,1H3. The van der Waals surface area contributed by atoms with Crippen LogP contribution >= 0.6 is 0 Å². The number of aryl methyl sites for hydroxylation is 1. The van der Waals surface area contributed by atoms with E-state index in [1.54, 1.807) is 4.90 Å². The molecule has 1 saturated heterocycles. The quantitative estimate of drug-likeness (QED) is 0.763. The van der Waals surface area contributed by atoms with E-state index in [0.29, 0.717) is 13.0 Å². The summed E-state index contributed by atoms with van der Waals surface area (Å²) in [6.45, 7) is 1.85. The van der Waals surface area contributed by atoms with Crippen LogP contribution in [0.3, 0.4) is 0 Å². The lowest BCUT2D eigenvalue weighted by Crippen LogP contribution is -2.44. The number of rotatable bonds is 7. The first-order valence-electron chi connectivity index (χ1n) is 8.23. The fourth-order valence-electron chi connectivity index (χ4n) is 2.86. The second-order valence-corrected chi connectivity index (χ2v) is 8.11. The second-order valence-electron chi connectivity index (χ2n) is 6.13. The molecule has 1 aliphatic rings. The van der Waals surface area contributed by atoms with E-state index < -0.39 is 10.0 Å². The van der Waals surface area contributed by atoms with Gasteiger partial charge in [-0.3, -0.25) is 4.79 Å². The maximum absolute atomic E-state index is 12.3. The SMILES string of the molecule is CS(=O)(=O)N(CCCc1ccccc1)CC(=O)N1CCCCC1. The smallest absolute Gasteiger partial charge is 0.237 e. The van der Waals surface area contributed by atoms with E-state index in [0.717, 1.165) is 38.8 Å². The Morgan fingerprint density at radius 1 is 1.13 bits per heavy atom. The number of hydrogen-bond acceptors (Lipinski definition) is 3. The summed E-state index contributed by atoms with van der Waals surface area (Å²) in [5.41, 5.74) is 1.18. The highest BCUT2D eigenvalue weighted by Gasteiger charge is 2.24. The molecule has 1 aromatic rings. The van der Waals surface area contributed by atoms with E-state index >= 15 is 0 Å². The highest BCUT2D eigenvalue weighted by Crippen LogP contribution is 2.11. The van der Waals surface area contributed by atoms with Crippen molar-refractivity contribution in [2.24, 2.45) is 0 Å². The number of carbonyl (C=O) groups is 1. The second kappa shape index (κ2) is 8.45. The molecule has 0 aromatic heterocycles. The molecule has 23 heavy (non-hydrogen) atoms. The number of hydrogen-bond donors (Lipinski definition) is 0. The van der Waals surface area contributed by atoms with Gasteiger partial charge in [0.1, 0.15) is 0 Å². The van der Waals surface area contributed by atoms with E-state index in [1.165, 1.54) is 16.1 Å². The molecule has 0 aliphatic carbocycles. The number of benzene rings is 1. The molecule has 0 saturated carbocycles. The lowest BCUT2D eigenvalue weighted by atomic mass is 10.1. The van der Waals surface area contributed by atoms with Crippen molar-refractivity contribution in [3.05, 3.63) is 35.9 Å². The Morgan fingerprint density at radius 2 is 1.78 bits per heavy atom. The topological polar surface area (TPSA) is 57.7 Å². The molecule has 6 heteroatoms. The Morgan fingerprint density at radius 3 is 2.39 bits per heavy atom. The number of nitrogens with zero attached hydrogens (tertiary/aromatic N) is 2. The van der Waals surface area contributed by atoms with Gasteiger partial charge in [0, 0.05) is 19.6 Å². The Labute approximate surface area is 139 Å². The number of carbonyl (C=O) groups excluding carboxylic acids is 1. The first-order valence-corrected chi connectivity index (χ1v) is 10.1. The van der Waals surface area contributed by atoms with Crippen molar-refractivity contribution in [1.82, 2.24) is 9.21 Å². The van der Waals surface area contributed by atoms with Crippen molar-refractivity contribution >= 4 is 15.9 Å². The van der Waals surface area contributed by atoms with Crippen LogP contribution in [0, 0.1) is 0 Å². The molecule has 5 nitrogen and oxygen atoms in total. The van der Waals surface area contributed by atoms with Gasteiger partial charge in [0.15, 0.2) is 0 Å². The Hall–Kier alpha value is -1.40. The van der Waals surface area contributed by atoms with E-state index in [1.807, 2.05) is 30.3 Å². The van der Waals surface area contributed by atoms with Crippen LogP contribution in [0.25, 0.3) is 0 Å². The predicted octanol–water partition coefficient (Wildman–Crippen LogP) is 1.89. The van der Waals surface area contributed by atoms with Crippen molar-refractivity contribution in [2.75, 3.05) is 32.4 Å². The summed E-state index contributed by atoms with van der Waals surface area (Å²) >= 11 is 0. The van der Waals surface area contributed by atoms with Gasteiger partial charge in [0.25, 0.3) is 0 Å². The predicted molar refractivity (Wildman–Crippen MR) is 91.6 cm³/mol. The molecule has 0 N–H and O–H groups in total. The minimum atomic E-state index is -3.37. The van der Waals surface area contributed by atoms with Crippen LogP contribution in [0.1, 0.15) is 31.2 Å². The summed E-state index contributed by atoms with van der Waals surface area (Å²) in [5, 5.41) is 0. The minimum absolute atomic E-state index is 0.0341. The van der Waals surface area contributed by atoms with Gasteiger partial charge in [-0.2, -0.15) is 4.31 Å². The molecule has 128 valence electrons. The first-order chi connectivity index (χ1) is 11.0.